The van der Waals surface area contributed by atoms with E-state index in [0.29, 0.717) is 6.54 Å². The molecule has 1 aromatic heterocycles. The van der Waals surface area contributed by atoms with Crippen molar-refractivity contribution in [2.45, 2.75) is 26.4 Å². The molecule has 4 heteroatoms. The summed E-state index contributed by atoms with van der Waals surface area (Å²) < 4.78 is 1.63. The van der Waals surface area contributed by atoms with Crippen molar-refractivity contribution in [2.75, 3.05) is 0 Å². The Hall–Kier alpha value is -2.46. The van der Waals surface area contributed by atoms with Crippen molar-refractivity contribution < 1.29 is 0 Å². The number of aromatic nitrogens is 2. The largest absolute Gasteiger partial charge is 0.348 e. The van der Waals surface area contributed by atoms with Gasteiger partial charge in [0.05, 0.1) is 0 Å². The maximum Gasteiger partial charge on any atom is 0.348 e. The van der Waals surface area contributed by atoms with Crippen LogP contribution in [0.3, 0.4) is 0 Å². The van der Waals surface area contributed by atoms with Gasteiger partial charge in [-0.2, -0.15) is 4.98 Å². The number of nitrogens with two attached hydrogens (primary N) is 1. The number of nitrogens with zero attached hydrogens (tertiary/aromatic N) is 2. The van der Waals surface area contributed by atoms with E-state index in [9.17, 15) is 4.79 Å². The lowest BCUT2D eigenvalue weighted by Gasteiger charge is -2.16. The molecule has 3 rings (SSSR count). The fraction of sp³-hybridized carbons (Fsp3) is 0.222. The number of benzene rings is 2. The molecule has 1 unspecified atom stereocenters. The van der Waals surface area contributed by atoms with E-state index in [1.54, 1.807) is 4.57 Å². The van der Waals surface area contributed by atoms with Gasteiger partial charge in [-0.1, -0.05) is 36.4 Å². The van der Waals surface area contributed by atoms with Crippen LogP contribution in [0.1, 0.15) is 23.0 Å². The molecule has 0 radical (unpaired) electrons. The van der Waals surface area contributed by atoms with Gasteiger partial charge in [0.25, 0.3) is 0 Å². The molecule has 0 aliphatic carbocycles. The van der Waals surface area contributed by atoms with Crippen LogP contribution in [0.15, 0.2) is 53.3 Å². The first-order valence-corrected chi connectivity index (χ1v) is 7.34. The monoisotopic (exact) mass is 293 g/mol. The summed E-state index contributed by atoms with van der Waals surface area (Å²) in [7, 11) is 0. The van der Waals surface area contributed by atoms with Crippen LogP contribution in [0.5, 0.6) is 0 Å². The van der Waals surface area contributed by atoms with Gasteiger partial charge >= 0.3 is 5.69 Å². The van der Waals surface area contributed by atoms with Crippen LogP contribution in [-0.4, -0.2) is 9.55 Å². The molecule has 1 atom stereocenters. The van der Waals surface area contributed by atoms with E-state index in [2.05, 4.69) is 29.2 Å². The van der Waals surface area contributed by atoms with Gasteiger partial charge in [-0.3, -0.25) is 4.57 Å². The van der Waals surface area contributed by atoms with Crippen LogP contribution in [-0.2, 0) is 6.54 Å². The van der Waals surface area contributed by atoms with Crippen molar-refractivity contribution >= 4 is 10.8 Å². The van der Waals surface area contributed by atoms with Crippen molar-refractivity contribution in [1.29, 1.82) is 0 Å². The van der Waals surface area contributed by atoms with Gasteiger partial charge in [-0.25, -0.2) is 4.79 Å². The normalized spacial score (nSPS) is 12.5. The third-order valence-electron chi connectivity index (χ3n) is 3.93. The fourth-order valence-corrected chi connectivity index (χ4v) is 2.74. The summed E-state index contributed by atoms with van der Waals surface area (Å²) in [5, 5.41) is 2.34. The third-order valence-corrected chi connectivity index (χ3v) is 3.93. The topological polar surface area (TPSA) is 60.9 Å². The second-order valence-electron chi connectivity index (χ2n) is 5.65. The summed E-state index contributed by atoms with van der Waals surface area (Å²) in [6.07, 6.45) is 0. The molecule has 0 saturated carbocycles. The van der Waals surface area contributed by atoms with Crippen molar-refractivity contribution in [1.82, 2.24) is 9.55 Å². The molecular weight excluding hydrogens is 274 g/mol. The predicted octanol–water partition coefficient (Wildman–Crippen LogP) is 2.71. The standard InChI is InChI=1S/C18H19N3O/c1-12-9-13(2)21(18(22)20-12)11-17(19)16-8-7-14-5-3-4-6-15(14)10-16/h3-10,17H,11,19H2,1-2H3. The first-order valence-electron chi connectivity index (χ1n) is 7.34. The van der Waals surface area contributed by atoms with Gasteiger partial charge in [-0.15, -0.1) is 0 Å². The van der Waals surface area contributed by atoms with Crippen LogP contribution in [0.2, 0.25) is 0 Å². The van der Waals surface area contributed by atoms with Gasteiger partial charge < -0.3 is 5.73 Å². The van der Waals surface area contributed by atoms with Gasteiger partial charge in [-0.05, 0) is 42.3 Å². The van der Waals surface area contributed by atoms with Gasteiger partial charge in [0.15, 0.2) is 0 Å². The molecule has 0 aliphatic rings. The molecule has 112 valence electrons. The minimum Gasteiger partial charge on any atom is -0.322 e. The number of hydrogen-bond donors (Lipinski definition) is 1. The van der Waals surface area contributed by atoms with Crippen LogP contribution < -0.4 is 11.4 Å². The first kappa shape index (κ1) is 14.5. The van der Waals surface area contributed by atoms with E-state index in [1.165, 1.54) is 5.39 Å². The summed E-state index contributed by atoms with van der Waals surface area (Å²) in [5.74, 6) is 0. The molecule has 0 fully saturated rings. The Bertz CT molecular complexity index is 883. The van der Waals surface area contributed by atoms with E-state index in [-0.39, 0.29) is 11.7 Å². The van der Waals surface area contributed by atoms with Crippen LogP contribution >= 0.6 is 0 Å². The minimum atomic E-state index is -0.245. The molecular formula is C18H19N3O. The molecule has 0 bridgehead atoms. The Morgan fingerprint density at radius 2 is 1.82 bits per heavy atom. The molecule has 0 amide bonds. The lowest BCUT2D eigenvalue weighted by molar-refractivity contribution is 0.538. The molecule has 3 aromatic rings. The maximum absolute atomic E-state index is 12.0. The maximum atomic E-state index is 12.0. The highest BCUT2D eigenvalue weighted by atomic mass is 16.1. The number of hydrogen-bond acceptors (Lipinski definition) is 3. The highest BCUT2D eigenvalue weighted by molar-refractivity contribution is 5.83. The molecule has 22 heavy (non-hydrogen) atoms. The van der Waals surface area contributed by atoms with Crippen LogP contribution in [0.4, 0.5) is 0 Å². The summed E-state index contributed by atoms with van der Waals surface area (Å²) >= 11 is 0. The number of rotatable bonds is 3. The first-order chi connectivity index (χ1) is 10.5. The SMILES string of the molecule is Cc1cc(C)n(CC(N)c2ccc3ccccc3c2)c(=O)n1. The molecule has 0 spiro atoms. The third kappa shape index (κ3) is 2.78. The van der Waals surface area contributed by atoms with E-state index in [4.69, 9.17) is 5.73 Å². The minimum absolute atomic E-state index is 0.242. The Morgan fingerprint density at radius 1 is 1.09 bits per heavy atom. The zero-order chi connectivity index (χ0) is 15.7. The Morgan fingerprint density at radius 3 is 2.55 bits per heavy atom. The smallest absolute Gasteiger partial charge is 0.322 e. The average Bonchev–Trinajstić information content (AvgIpc) is 2.50. The Labute approximate surface area is 129 Å². The molecule has 2 N–H and O–H groups in total. The van der Waals surface area contributed by atoms with E-state index >= 15 is 0 Å². The molecule has 0 aliphatic heterocycles. The van der Waals surface area contributed by atoms with Gasteiger partial charge in [0, 0.05) is 24.0 Å². The summed E-state index contributed by atoms with van der Waals surface area (Å²) in [5.41, 5.74) is 8.70. The highest BCUT2D eigenvalue weighted by Crippen LogP contribution is 2.20. The van der Waals surface area contributed by atoms with E-state index < -0.39 is 0 Å². The number of aryl methyl sites for hydroxylation is 2. The second kappa shape index (κ2) is 5.73. The lowest BCUT2D eigenvalue weighted by Crippen LogP contribution is -2.30. The average molecular weight is 293 g/mol. The molecule has 0 saturated heterocycles. The van der Waals surface area contributed by atoms with Crippen molar-refractivity contribution in [3.05, 3.63) is 76.0 Å². The highest BCUT2D eigenvalue weighted by Gasteiger charge is 2.11. The fourth-order valence-electron chi connectivity index (χ4n) is 2.74. The second-order valence-corrected chi connectivity index (χ2v) is 5.65. The van der Waals surface area contributed by atoms with E-state index in [1.807, 2.05) is 38.1 Å². The zero-order valence-electron chi connectivity index (χ0n) is 12.8. The molecule has 4 nitrogen and oxygen atoms in total. The van der Waals surface area contributed by atoms with Crippen LogP contribution in [0, 0.1) is 13.8 Å². The molecule has 2 aromatic carbocycles. The summed E-state index contributed by atoms with van der Waals surface area (Å²) in [6.45, 7) is 4.15. The summed E-state index contributed by atoms with van der Waals surface area (Å²) in [6, 6.07) is 16.0. The summed E-state index contributed by atoms with van der Waals surface area (Å²) in [4.78, 5) is 16.0. The quantitative estimate of drug-likeness (QED) is 0.807. The van der Waals surface area contributed by atoms with Crippen molar-refractivity contribution in [3.63, 3.8) is 0 Å². The van der Waals surface area contributed by atoms with Crippen molar-refractivity contribution in [2.24, 2.45) is 5.73 Å². The van der Waals surface area contributed by atoms with Gasteiger partial charge in [0.1, 0.15) is 0 Å². The molecule has 1 heterocycles. The predicted molar refractivity (Wildman–Crippen MR) is 88.8 cm³/mol. The van der Waals surface area contributed by atoms with Gasteiger partial charge in [0.2, 0.25) is 0 Å². The van der Waals surface area contributed by atoms with Crippen LogP contribution in [0.25, 0.3) is 10.8 Å². The Balaban J connectivity index is 1.93. The zero-order valence-corrected chi connectivity index (χ0v) is 12.8. The lowest BCUT2D eigenvalue weighted by atomic mass is 10.0. The van der Waals surface area contributed by atoms with Crippen molar-refractivity contribution in [3.8, 4) is 0 Å². The number of fused-ring (bicyclic) bond motifs is 1. The van der Waals surface area contributed by atoms with E-state index in [0.717, 1.165) is 22.3 Å². The Kier molecular flexibility index (Phi) is 3.77.